The Morgan fingerprint density at radius 2 is 1.91 bits per heavy atom. The second-order valence-electron chi connectivity index (χ2n) is 7.97. The number of carbonyl (C=O) groups is 1. The van der Waals surface area contributed by atoms with Crippen molar-refractivity contribution in [1.29, 1.82) is 0 Å². The third-order valence-corrected chi connectivity index (χ3v) is 5.87. The Hall–Kier alpha value is -3.33. The molecule has 1 N–H and O–H groups in total. The predicted octanol–water partition coefficient (Wildman–Crippen LogP) is 3.92. The smallest absolute Gasteiger partial charge is 0.228 e. The summed E-state index contributed by atoms with van der Waals surface area (Å²) in [5.74, 6) is 0.236. The first kappa shape index (κ1) is 20.6. The van der Waals surface area contributed by atoms with E-state index in [-0.39, 0.29) is 16.8 Å². The molecule has 1 aromatic carbocycles. The SMILES string of the molecule is Cc1c(N2CCCC2=O)nc2cc(F)cc(F)c2c1Nc1cccc(N2CCOCC2)n1. The van der Waals surface area contributed by atoms with Gasteiger partial charge in [0.2, 0.25) is 5.91 Å². The average Bonchev–Trinajstić information content (AvgIpc) is 3.21. The quantitative estimate of drug-likeness (QED) is 0.665. The number of benzene rings is 1. The first-order chi connectivity index (χ1) is 15.5. The molecule has 0 saturated carbocycles. The number of pyridine rings is 2. The van der Waals surface area contributed by atoms with Gasteiger partial charge in [0.1, 0.15) is 29.1 Å². The molecule has 2 aromatic heterocycles. The summed E-state index contributed by atoms with van der Waals surface area (Å²) in [4.78, 5) is 25.2. The van der Waals surface area contributed by atoms with E-state index in [1.54, 1.807) is 17.9 Å². The molecule has 2 fully saturated rings. The molecule has 0 unspecified atom stereocenters. The van der Waals surface area contributed by atoms with Crippen molar-refractivity contribution in [1.82, 2.24) is 9.97 Å². The molecule has 7 nitrogen and oxygen atoms in total. The zero-order valence-electron chi connectivity index (χ0n) is 17.7. The second-order valence-corrected chi connectivity index (χ2v) is 7.97. The third kappa shape index (κ3) is 3.73. The van der Waals surface area contributed by atoms with Crippen LogP contribution in [0.2, 0.25) is 0 Å². The van der Waals surface area contributed by atoms with Crippen molar-refractivity contribution in [2.45, 2.75) is 19.8 Å². The minimum absolute atomic E-state index is 0.0461. The summed E-state index contributed by atoms with van der Waals surface area (Å²) in [6.45, 7) is 5.06. The molecule has 0 spiro atoms. The number of ether oxygens (including phenoxy) is 1. The number of morpholine rings is 1. The van der Waals surface area contributed by atoms with E-state index in [1.807, 2.05) is 12.1 Å². The monoisotopic (exact) mass is 439 g/mol. The van der Waals surface area contributed by atoms with Gasteiger partial charge in [0, 0.05) is 43.8 Å². The standard InChI is InChI=1S/C23H23F2N5O2/c1-14-22(28-18-4-2-5-19(27-18)29-8-10-32-11-9-29)21-16(25)12-15(24)13-17(21)26-23(14)30-7-3-6-20(30)31/h2,4-5,12-13H,3,6-11H2,1H3,(H,26,27,28). The Balaban J connectivity index is 1.61. The number of halogens is 2. The van der Waals surface area contributed by atoms with Crippen LogP contribution in [-0.4, -0.2) is 48.7 Å². The number of fused-ring (bicyclic) bond motifs is 1. The van der Waals surface area contributed by atoms with Gasteiger partial charge in [-0.15, -0.1) is 0 Å². The Bertz CT molecular complexity index is 1200. The summed E-state index contributed by atoms with van der Waals surface area (Å²) >= 11 is 0. The van der Waals surface area contributed by atoms with Gasteiger partial charge in [-0.1, -0.05) is 6.07 Å². The van der Waals surface area contributed by atoms with Crippen LogP contribution in [0.4, 0.5) is 31.9 Å². The molecule has 0 atom stereocenters. The van der Waals surface area contributed by atoms with E-state index >= 15 is 0 Å². The third-order valence-electron chi connectivity index (χ3n) is 5.87. The highest BCUT2D eigenvalue weighted by Crippen LogP contribution is 2.37. The van der Waals surface area contributed by atoms with Crippen LogP contribution in [0.15, 0.2) is 30.3 Å². The van der Waals surface area contributed by atoms with Gasteiger partial charge in [0.15, 0.2) is 0 Å². The van der Waals surface area contributed by atoms with Gasteiger partial charge in [-0.2, -0.15) is 0 Å². The Morgan fingerprint density at radius 3 is 2.66 bits per heavy atom. The van der Waals surface area contributed by atoms with Crippen LogP contribution >= 0.6 is 0 Å². The van der Waals surface area contributed by atoms with E-state index in [4.69, 9.17) is 9.72 Å². The van der Waals surface area contributed by atoms with E-state index < -0.39 is 11.6 Å². The molecule has 2 aliphatic heterocycles. The first-order valence-electron chi connectivity index (χ1n) is 10.7. The molecule has 9 heteroatoms. The van der Waals surface area contributed by atoms with Gasteiger partial charge in [0.25, 0.3) is 0 Å². The van der Waals surface area contributed by atoms with Gasteiger partial charge < -0.3 is 15.0 Å². The number of carbonyl (C=O) groups excluding carboxylic acids is 1. The van der Waals surface area contributed by atoms with E-state index in [2.05, 4.69) is 15.2 Å². The Morgan fingerprint density at radius 1 is 1.09 bits per heavy atom. The molecule has 3 aromatic rings. The first-order valence-corrected chi connectivity index (χ1v) is 10.7. The number of rotatable bonds is 4. The maximum Gasteiger partial charge on any atom is 0.228 e. The lowest BCUT2D eigenvalue weighted by Crippen LogP contribution is -2.36. The maximum atomic E-state index is 14.9. The molecule has 2 aliphatic rings. The van der Waals surface area contributed by atoms with Gasteiger partial charge in [-0.3, -0.25) is 9.69 Å². The van der Waals surface area contributed by atoms with E-state index in [9.17, 15) is 13.6 Å². The highest BCUT2D eigenvalue weighted by molar-refractivity contribution is 6.02. The molecule has 166 valence electrons. The van der Waals surface area contributed by atoms with E-state index in [0.717, 1.165) is 31.4 Å². The number of hydrogen-bond donors (Lipinski definition) is 1. The van der Waals surface area contributed by atoms with Gasteiger partial charge in [0.05, 0.1) is 29.8 Å². The molecule has 5 rings (SSSR count). The summed E-state index contributed by atoms with van der Waals surface area (Å²) in [5, 5.41) is 3.39. The minimum atomic E-state index is -0.721. The summed E-state index contributed by atoms with van der Waals surface area (Å²) in [6.07, 6.45) is 1.16. The maximum absolute atomic E-state index is 14.9. The van der Waals surface area contributed by atoms with Crippen molar-refractivity contribution in [3.63, 3.8) is 0 Å². The van der Waals surface area contributed by atoms with Gasteiger partial charge in [-0.05, 0) is 25.5 Å². The number of nitrogens with one attached hydrogen (secondary N) is 1. The fraction of sp³-hybridized carbons (Fsp3) is 0.348. The normalized spacial score (nSPS) is 16.8. The number of hydrogen-bond acceptors (Lipinski definition) is 6. The molecule has 4 heterocycles. The van der Waals surface area contributed by atoms with Gasteiger partial charge >= 0.3 is 0 Å². The molecule has 2 saturated heterocycles. The lowest BCUT2D eigenvalue weighted by molar-refractivity contribution is -0.117. The van der Waals surface area contributed by atoms with Crippen LogP contribution in [0.1, 0.15) is 18.4 Å². The molecular weight excluding hydrogens is 416 g/mol. The molecular formula is C23H23F2N5O2. The van der Waals surface area contributed by atoms with Crippen molar-refractivity contribution >= 4 is 40.0 Å². The zero-order chi connectivity index (χ0) is 22.2. The van der Waals surface area contributed by atoms with E-state index in [0.29, 0.717) is 49.1 Å². The average molecular weight is 439 g/mol. The second kappa shape index (κ2) is 8.31. The molecule has 32 heavy (non-hydrogen) atoms. The summed E-state index contributed by atoms with van der Waals surface area (Å²) < 4.78 is 34.3. The van der Waals surface area contributed by atoms with Crippen molar-refractivity contribution in [2.24, 2.45) is 0 Å². The van der Waals surface area contributed by atoms with E-state index in [1.165, 1.54) is 6.07 Å². The number of aromatic nitrogens is 2. The molecule has 0 radical (unpaired) electrons. The molecule has 1 amide bonds. The van der Waals surface area contributed by atoms with Crippen LogP contribution in [-0.2, 0) is 9.53 Å². The van der Waals surface area contributed by atoms with Crippen LogP contribution in [0.25, 0.3) is 10.9 Å². The number of nitrogens with zero attached hydrogens (tertiary/aromatic N) is 4. The van der Waals surface area contributed by atoms with Crippen LogP contribution < -0.4 is 15.1 Å². The largest absolute Gasteiger partial charge is 0.378 e. The Kier molecular flexibility index (Phi) is 5.34. The lowest BCUT2D eigenvalue weighted by atomic mass is 10.1. The molecule has 0 bridgehead atoms. The minimum Gasteiger partial charge on any atom is -0.378 e. The van der Waals surface area contributed by atoms with Crippen molar-refractivity contribution in [3.05, 3.63) is 47.5 Å². The summed E-state index contributed by atoms with van der Waals surface area (Å²) in [6, 6.07) is 7.60. The van der Waals surface area contributed by atoms with Crippen LogP contribution in [0.3, 0.4) is 0 Å². The summed E-state index contributed by atoms with van der Waals surface area (Å²) in [7, 11) is 0. The number of anilines is 4. The van der Waals surface area contributed by atoms with Crippen molar-refractivity contribution in [2.75, 3.05) is 48.0 Å². The highest BCUT2D eigenvalue weighted by atomic mass is 19.1. The highest BCUT2D eigenvalue weighted by Gasteiger charge is 2.27. The predicted molar refractivity (Wildman–Crippen MR) is 119 cm³/mol. The van der Waals surface area contributed by atoms with Gasteiger partial charge in [-0.25, -0.2) is 18.7 Å². The van der Waals surface area contributed by atoms with Crippen molar-refractivity contribution < 1.29 is 18.3 Å². The fourth-order valence-corrected chi connectivity index (χ4v) is 4.27. The molecule has 0 aliphatic carbocycles. The Labute approximate surface area is 184 Å². The lowest BCUT2D eigenvalue weighted by Gasteiger charge is -2.28. The zero-order valence-corrected chi connectivity index (χ0v) is 17.7. The van der Waals surface area contributed by atoms with Crippen LogP contribution in [0.5, 0.6) is 0 Å². The number of amides is 1. The fourth-order valence-electron chi connectivity index (χ4n) is 4.27. The topological polar surface area (TPSA) is 70.6 Å². The van der Waals surface area contributed by atoms with Crippen molar-refractivity contribution in [3.8, 4) is 0 Å². The summed E-state index contributed by atoms with van der Waals surface area (Å²) in [5.41, 5.74) is 1.18. The van der Waals surface area contributed by atoms with Crippen LogP contribution in [0, 0.1) is 18.6 Å².